The molecule has 0 aromatic heterocycles. The summed E-state index contributed by atoms with van der Waals surface area (Å²) in [6, 6.07) is 8.17. The Morgan fingerprint density at radius 1 is 0.512 bits per heavy atom. The van der Waals surface area contributed by atoms with Gasteiger partial charge < -0.3 is 19.7 Å². The van der Waals surface area contributed by atoms with Gasteiger partial charge in [-0.1, -0.05) is 117 Å². The van der Waals surface area contributed by atoms with Crippen LogP contribution < -0.4 is 9.47 Å². The average Bonchev–Trinajstić information content (AvgIpc) is 2.96. The van der Waals surface area contributed by atoms with Crippen LogP contribution in [-0.4, -0.2) is 31.8 Å². The lowest BCUT2D eigenvalue weighted by Gasteiger charge is -2.13. The van der Waals surface area contributed by atoms with Crippen molar-refractivity contribution in [3.63, 3.8) is 0 Å². The molecule has 0 aliphatic rings. The van der Waals surface area contributed by atoms with Gasteiger partial charge >= 0.3 is 0 Å². The Morgan fingerprint density at radius 3 is 1.17 bits per heavy atom. The summed E-state index contributed by atoms with van der Waals surface area (Å²) in [5.74, 6) is 0.142. The molecule has 2 aromatic carbocycles. The van der Waals surface area contributed by atoms with Crippen molar-refractivity contribution in [2.24, 2.45) is 0 Å². The number of phenolic OH excluding ortho intramolecular Hbond substituents is 2. The van der Waals surface area contributed by atoms with E-state index >= 15 is 0 Å². The molecular formula is C34H54O6S. The second-order valence-electron chi connectivity index (χ2n) is 11.1. The van der Waals surface area contributed by atoms with E-state index in [4.69, 9.17) is 9.47 Å². The van der Waals surface area contributed by atoms with Gasteiger partial charge in [0.25, 0.3) is 0 Å². The Morgan fingerprint density at radius 2 is 0.829 bits per heavy atom. The second-order valence-corrected chi connectivity index (χ2v) is 13.1. The van der Waals surface area contributed by atoms with Crippen molar-refractivity contribution >= 4 is 9.84 Å². The number of unbranched alkanes of at least 4 members (excludes halogenated alkanes) is 16. The van der Waals surface area contributed by atoms with Crippen LogP contribution in [0.25, 0.3) is 0 Å². The predicted molar refractivity (Wildman–Crippen MR) is 167 cm³/mol. The molecule has 2 N–H and O–H groups in total. The first-order valence-electron chi connectivity index (χ1n) is 16.1. The lowest BCUT2D eigenvalue weighted by molar-refractivity contribution is 0.287. The third kappa shape index (κ3) is 13.4. The minimum Gasteiger partial charge on any atom is -0.504 e. The van der Waals surface area contributed by atoms with Crippen LogP contribution in [0.5, 0.6) is 23.0 Å². The molecule has 6 nitrogen and oxygen atoms in total. The minimum atomic E-state index is -3.90. The predicted octanol–water partition coefficient (Wildman–Crippen LogP) is 9.75. The van der Waals surface area contributed by atoms with Crippen molar-refractivity contribution < 1.29 is 28.1 Å². The highest BCUT2D eigenvalue weighted by molar-refractivity contribution is 7.91. The molecule has 0 radical (unpaired) electrons. The summed E-state index contributed by atoms with van der Waals surface area (Å²) in [5, 5.41) is 20.5. The van der Waals surface area contributed by atoms with Gasteiger partial charge in [0, 0.05) is 12.1 Å². The monoisotopic (exact) mass is 590 g/mol. The number of rotatable bonds is 24. The van der Waals surface area contributed by atoms with E-state index in [0.717, 1.165) is 38.5 Å². The van der Waals surface area contributed by atoms with E-state index in [-0.39, 0.29) is 32.8 Å². The lowest BCUT2D eigenvalue weighted by atomic mass is 10.1. The highest BCUT2D eigenvalue weighted by atomic mass is 32.2. The molecule has 7 heteroatoms. The molecule has 0 unspecified atom stereocenters. The summed E-state index contributed by atoms with van der Waals surface area (Å²) in [4.78, 5) is 0.0425. The Balaban J connectivity index is 1.83. The Kier molecular flexibility index (Phi) is 17.4. The lowest BCUT2D eigenvalue weighted by Crippen LogP contribution is -2.05. The fourth-order valence-corrected chi connectivity index (χ4v) is 6.17. The number of sulfone groups is 1. The second kappa shape index (κ2) is 20.5. The summed E-state index contributed by atoms with van der Waals surface area (Å²) in [5.41, 5.74) is 0. The van der Waals surface area contributed by atoms with E-state index in [0.29, 0.717) is 13.2 Å². The van der Waals surface area contributed by atoms with Gasteiger partial charge in [0.15, 0.2) is 23.0 Å². The van der Waals surface area contributed by atoms with Crippen LogP contribution >= 0.6 is 0 Å². The smallest absolute Gasteiger partial charge is 0.206 e. The third-order valence-corrected chi connectivity index (χ3v) is 9.24. The molecule has 41 heavy (non-hydrogen) atoms. The van der Waals surface area contributed by atoms with Crippen molar-refractivity contribution in [2.45, 2.75) is 139 Å². The SMILES string of the molecule is CCCCCCCCCCCOc1cc(S(=O)(=O)c2ccc(O)c(OCCCCCCCCCCC)c2)ccc1O. The maximum absolute atomic E-state index is 13.4. The zero-order chi connectivity index (χ0) is 29.8. The fraction of sp³-hybridized carbons (Fsp3) is 0.647. The van der Waals surface area contributed by atoms with Gasteiger partial charge in [0.1, 0.15) is 0 Å². The molecule has 232 valence electrons. The van der Waals surface area contributed by atoms with Gasteiger partial charge in [0.2, 0.25) is 9.84 Å². The first kappa shape index (κ1) is 34.8. The standard InChI is InChI=1S/C34H54O6S/c1-3-5-7-9-11-13-15-17-19-25-39-33-27-29(21-23-31(33)35)41(37,38)30-22-24-32(36)34(28-30)40-26-20-18-16-14-12-10-8-6-4-2/h21-24,27-28,35-36H,3-20,25-26H2,1-2H3. The normalized spacial score (nSPS) is 11.6. The highest BCUT2D eigenvalue weighted by Gasteiger charge is 2.21. The summed E-state index contributed by atoms with van der Waals surface area (Å²) in [6.07, 6.45) is 21.5. The van der Waals surface area contributed by atoms with Crippen LogP contribution in [0.4, 0.5) is 0 Å². The molecule has 0 bridgehead atoms. The molecular weight excluding hydrogens is 536 g/mol. The number of ether oxygens (including phenoxy) is 2. The zero-order valence-corrected chi connectivity index (χ0v) is 26.4. The maximum atomic E-state index is 13.4. The molecule has 0 aliphatic carbocycles. The number of aromatic hydroxyl groups is 2. The quantitative estimate of drug-likeness (QED) is 0.118. The summed E-state index contributed by atoms with van der Waals surface area (Å²) < 4.78 is 38.2. The number of benzene rings is 2. The first-order chi connectivity index (χ1) is 19.9. The van der Waals surface area contributed by atoms with E-state index in [1.807, 2.05) is 0 Å². The van der Waals surface area contributed by atoms with E-state index in [1.54, 1.807) is 0 Å². The molecule has 0 heterocycles. The van der Waals surface area contributed by atoms with Gasteiger partial charge in [-0.05, 0) is 37.1 Å². The van der Waals surface area contributed by atoms with Crippen LogP contribution in [0.1, 0.15) is 129 Å². The van der Waals surface area contributed by atoms with Crippen LogP contribution in [-0.2, 0) is 9.84 Å². The van der Waals surface area contributed by atoms with E-state index in [1.165, 1.54) is 113 Å². The van der Waals surface area contributed by atoms with Gasteiger partial charge in [-0.15, -0.1) is 0 Å². The van der Waals surface area contributed by atoms with E-state index in [2.05, 4.69) is 13.8 Å². The first-order valence-corrected chi connectivity index (χ1v) is 17.5. The number of hydrogen-bond donors (Lipinski definition) is 2. The summed E-state index contributed by atoms with van der Waals surface area (Å²) in [7, 11) is -3.90. The van der Waals surface area contributed by atoms with Crippen molar-refractivity contribution in [2.75, 3.05) is 13.2 Å². The fourth-order valence-electron chi connectivity index (χ4n) is 4.88. The maximum Gasteiger partial charge on any atom is 0.206 e. The van der Waals surface area contributed by atoms with Gasteiger partial charge in [0.05, 0.1) is 23.0 Å². The van der Waals surface area contributed by atoms with Gasteiger partial charge in [-0.25, -0.2) is 8.42 Å². The largest absolute Gasteiger partial charge is 0.504 e. The number of hydrogen-bond acceptors (Lipinski definition) is 6. The van der Waals surface area contributed by atoms with Crippen LogP contribution in [0.15, 0.2) is 46.2 Å². The third-order valence-electron chi connectivity index (χ3n) is 7.49. The van der Waals surface area contributed by atoms with Crippen molar-refractivity contribution in [1.82, 2.24) is 0 Å². The van der Waals surface area contributed by atoms with Gasteiger partial charge in [-0.2, -0.15) is 0 Å². The molecule has 2 rings (SSSR count). The minimum absolute atomic E-state index is 0.0213. The average molecular weight is 591 g/mol. The topological polar surface area (TPSA) is 93.1 Å². The zero-order valence-electron chi connectivity index (χ0n) is 25.5. The molecule has 0 saturated carbocycles. The van der Waals surface area contributed by atoms with Crippen LogP contribution in [0.3, 0.4) is 0 Å². The molecule has 0 atom stereocenters. The van der Waals surface area contributed by atoms with Gasteiger partial charge in [-0.3, -0.25) is 0 Å². The molecule has 0 saturated heterocycles. The number of phenols is 2. The Bertz CT molecular complexity index is 1000. The molecule has 0 amide bonds. The summed E-state index contributed by atoms with van der Waals surface area (Å²) >= 11 is 0. The highest BCUT2D eigenvalue weighted by Crippen LogP contribution is 2.35. The van der Waals surface area contributed by atoms with E-state index < -0.39 is 9.84 Å². The van der Waals surface area contributed by atoms with Crippen molar-refractivity contribution in [3.05, 3.63) is 36.4 Å². The van der Waals surface area contributed by atoms with Crippen molar-refractivity contribution in [3.8, 4) is 23.0 Å². The molecule has 0 spiro atoms. The Hall–Kier alpha value is -2.41. The van der Waals surface area contributed by atoms with Crippen molar-refractivity contribution in [1.29, 1.82) is 0 Å². The molecule has 0 aliphatic heterocycles. The summed E-state index contributed by atoms with van der Waals surface area (Å²) in [6.45, 7) is 5.29. The Labute approximate surface area is 249 Å². The van der Waals surface area contributed by atoms with E-state index in [9.17, 15) is 18.6 Å². The molecule has 0 fully saturated rings. The van der Waals surface area contributed by atoms with Crippen LogP contribution in [0.2, 0.25) is 0 Å². The molecule has 2 aromatic rings. The van der Waals surface area contributed by atoms with Crippen LogP contribution in [0, 0.1) is 0 Å².